The van der Waals surface area contributed by atoms with Crippen LogP contribution in [0, 0.1) is 13.8 Å². The predicted octanol–water partition coefficient (Wildman–Crippen LogP) is 4.54. The highest BCUT2D eigenvalue weighted by Gasteiger charge is 2.35. The van der Waals surface area contributed by atoms with Crippen LogP contribution in [-0.2, 0) is 9.84 Å². The van der Waals surface area contributed by atoms with E-state index in [0.717, 1.165) is 21.3 Å². The van der Waals surface area contributed by atoms with Gasteiger partial charge in [-0.3, -0.25) is 14.9 Å². The standard InChI is InChI=1S/C23H16N2O4S2/c1-12-9-13(2)20-17(10-12)30-23(24-20)25-22(27)14-7-8-16-19(11-14)31(28,29)18-6-4-3-5-15(18)21(16)26/h3-11H,1-2H3,(H,24,25,27). The predicted molar refractivity (Wildman–Crippen MR) is 119 cm³/mol. The lowest BCUT2D eigenvalue weighted by atomic mass is 10.0. The largest absolute Gasteiger partial charge is 0.298 e. The van der Waals surface area contributed by atoms with Gasteiger partial charge in [0.2, 0.25) is 9.84 Å². The lowest BCUT2D eigenvalue weighted by Gasteiger charge is -2.19. The van der Waals surface area contributed by atoms with Crippen LogP contribution in [0.15, 0.2) is 64.4 Å². The van der Waals surface area contributed by atoms with E-state index in [1.807, 2.05) is 26.0 Å². The van der Waals surface area contributed by atoms with Gasteiger partial charge in [0.15, 0.2) is 10.9 Å². The molecule has 1 aromatic heterocycles. The molecule has 0 aliphatic carbocycles. The lowest BCUT2D eigenvalue weighted by Crippen LogP contribution is -2.21. The highest BCUT2D eigenvalue weighted by molar-refractivity contribution is 7.91. The molecular formula is C23H16N2O4S2. The van der Waals surface area contributed by atoms with E-state index in [4.69, 9.17) is 0 Å². The Kier molecular flexibility index (Phi) is 4.32. The molecule has 0 unspecified atom stereocenters. The SMILES string of the molecule is Cc1cc(C)c2nc(NC(=O)c3ccc4c(c3)S(=O)(=O)c3ccccc3C4=O)sc2c1. The molecule has 3 aromatic carbocycles. The first kappa shape index (κ1) is 19.6. The van der Waals surface area contributed by atoms with Gasteiger partial charge in [-0.25, -0.2) is 13.4 Å². The van der Waals surface area contributed by atoms with Crippen molar-refractivity contribution in [2.45, 2.75) is 23.6 Å². The Hall–Kier alpha value is -3.36. The third-order valence-corrected chi connectivity index (χ3v) is 8.02. The summed E-state index contributed by atoms with van der Waals surface area (Å²) in [6, 6.07) is 14.2. The van der Waals surface area contributed by atoms with Crippen LogP contribution in [0.1, 0.15) is 37.4 Å². The number of anilines is 1. The molecule has 31 heavy (non-hydrogen) atoms. The number of fused-ring (bicyclic) bond motifs is 3. The molecule has 0 saturated heterocycles. The van der Waals surface area contributed by atoms with Crippen LogP contribution in [-0.4, -0.2) is 25.1 Å². The van der Waals surface area contributed by atoms with Crippen molar-refractivity contribution in [2.24, 2.45) is 0 Å². The van der Waals surface area contributed by atoms with Crippen molar-refractivity contribution in [3.63, 3.8) is 0 Å². The maximum atomic E-state index is 13.1. The molecule has 6 nitrogen and oxygen atoms in total. The van der Waals surface area contributed by atoms with E-state index >= 15 is 0 Å². The smallest absolute Gasteiger partial charge is 0.257 e. The van der Waals surface area contributed by atoms with E-state index in [1.165, 1.54) is 41.7 Å². The summed E-state index contributed by atoms with van der Waals surface area (Å²) < 4.78 is 27.1. The average Bonchev–Trinajstić information content (AvgIpc) is 3.14. The van der Waals surface area contributed by atoms with Gasteiger partial charge in [-0.1, -0.05) is 29.5 Å². The Bertz CT molecular complexity index is 1530. The highest BCUT2D eigenvalue weighted by Crippen LogP contribution is 2.35. The number of rotatable bonds is 2. The molecule has 0 spiro atoms. The van der Waals surface area contributed by atoms with Crippen LogP contribution in [0.25, 0.3) is 10.2 Å². The van der Waals surface area contributed by atoms with Crippen molar-refractivity contribution in [3.8, 4) is 0 Å². The van der Waals surface area contributed by atoms with Crippen molar-refractivity contribution in [3.05, 3.63) is 82.4 Å². The van der Waals surface area contributed by atoms with Crippen LogP contribution in [0.4, 0.5) is 5.13 Å². The maximum Gasteiger partial charge on any atom is 0.257 e. The van der Waals surface area contributed by atoms with E-state index in [1.54, 1.807) is 12.1 Å². The lowest BCUT2D eigenvalue weighted by molar-refractivity contribution is 0.101. The summed E-state index contributed by atoms with van der Waals surface area (Å²) in [6.45, 7) is 3.96. The second-order valence-electron chi connectivity index (χ2n) is 7.44. The number of thiazole rings is 1. The highest BCUT2D eigenvalue weighted by atomic mass is 32.2. The molecular weight excluding hydrogens is 432 g/mol. The minimum absolute atomic E-state index is 0.0397. The normalized spacial score (nSPS) is 14.2. The fourth-order valence-electron chi connectivity index (χ4n) is 3.82. The molecule has 1 N–H and O–H groups in total. The van der Waals surface area contributed by atoms with Crippen LogP contribution < -0.4 is 5.32 Å². The first-order chi connectivity index (χ1) is 14.8. The third kappa shape index (κ3) is 3.07. The number of hydrogen-bond acceptors (Lipinski definition) is 6. The van der Waals surface area contributed by atoms with Gasteiger partial charge in [0, 0.05) is 16.7 Å². The minimum Gasteiger partial charge on any atom is -0.298 e. The number of benzene rings is 3. The van der Waals surface area contributed by atoms with E-state index in [-0.39, 0.29) is 32.3 Å². The number of aromatic nitrogens is 1. The van der Waals surface area contributed by atoms with E-state index in [2.05, 4.69) is 10.3 Å². The maximum absolute atomic E-state index is 13.1. The summed E-state index contributed by atoms with van der Waals surface area (Å²) in [5.74, 6) is -0.859. The van der Waals surface area contributed by atoms with Crippen molar-refractivity contribution in [1.82, 2.24) is 4.98 Å². The molecule has 4 aromatic rings. The Labute approximate surface area is 182 Å². The van der Waals surface area contributed by atoms with Crippen LogP contribution >= 0.6 is 11.3 Å². The zero-order valence-corrected chi connectivity index (χ0v) is 18.2. The molecule has 0 radical (unpaired) electrons. The van der Waals surface area contributed by atoms with Crippen LogP contribution in [0.3, 0.4) is 0 Å². The molecule has 0 fully saturated rings. The Morgan fingerprint density at radius 3 is 2.52 bits per heavy atom. The van der Waals surface area contributed by atoms with Crippen molar-refractivity contribution in [2.75, 3.05) is 5.32 Å². The van der Waals surface area contributed by atoms with Gasteiger partial charge in [0.05, 0.1) is 20.0 Å². The zero-order chi connectivity index (χ0) is 21.9. The summed E-state index contributed by atoms with van der Waals surface area (Å²) >= 11 is 1.35. The molecule has 1 amide bonds. The molecule has 0 bridgehead atoms. The Morgan fingerprint density at radius 2 is 1.71 bits per heavy atom. The number of hydrogen-bond donors (Lipinski definition) is 1. The summed E-state index contributed by atoms with van der Waals surface area (Å²) in [4.78, 5) is 29.9. The average molecular weight is 449 g/mol. The van der Waals surface area contributed by atoms with E-state index < -0.39 is 15.7 Å². The van der Waals surface area contributed by atoms with Crippen molar-refractivity contribution >= 4 is 48.2 Å². The van der Waals surface area contributed by atoms with Crippen molar-refractivity contribution in [1.29, 1.82) is 0 Å². The fraction of sp³-hybridized carbons (Fsp3) is 0.0870. The number of aryl methyl sites for hydroxylation is 2. The minimum atomic E-state index is -3.91. The summed E-state index contributed by atoms with van der Waals surface area (Å²) in [5.41, 5.74) is 3.30. The summed E-state index contributed by atoms with van der Waals surface area (Å²) in [7, 11) is -3.91. The Morgan fingerprint density at radius 1 is 0.968 bits per heavy atom. The van der Waals surface area contributed by atoms with Gasteiger partial charge in [-0.2, -0.15) is 0 Å². The first-order valence-electron chi connectivity index (χ1n) is 9.48. The summed E-state index contributed by atoms with van der Waals surface area (Å²) in [5, 5.41) is 3.17. The van der Waals surface area contributed by atoms with Gasteiger partial charge in [0.1, 0.15) is 0 Å². The number of carbonyl (C=O) groups excluding carboxylic acids is 2. The number of nitrogens with one attached hydrogen (secondary N) is 1. The van der Waals surface area contributed by atoms with Crippen LogP contribution in [0.5, 0.6) is 0 Å². The molecule has 5 rings (SSSR count). The number of amides is 1. The van der Waals surface area contributed by atoms with Gasteiger partial charge in [0.25, 0.3) is 5.91 Å². The second kappa shape index (κ2) is 6.83. The Balaban J connectivity index is 1.53. The van der Waals surface area contributed by atoms with Gasteiger partial charge in [-0.05, 0) is 61.4 Å². The number of carbonyl (C=O) groups is 2. The summed E-state index contributed by atoms with van der Waals surface area (Å²) in [6.07, 6.45) is 0. The van der Waals surface area contributed by atoms with Gasteiger partial charge >= 0.3 is 0 Å². The number of sulfone groups is 1. The molecule has 2 heterocycles. The van der Waals surface area contributed by atoms with Gasteiger partial charge in [-0.15, -0.1) is 0 Å². The van der Waals surface area contributed by atoms with Crippen molar-refractivity contribution < 1.29 is 18.0 Å². The van der Waals surface area contributed by atoms with Gasteiger partial charge < -0.3 is 0 Å². The number of nitrogens with zero attached hydrogens (tertiary/aromatic N) is 1. The quantitative estimate of drug-likeness (QED) is 0.428. The second-order valence-corrected chi connectivity index (χ2v) is 10.4. The molecule has 0 atom stereocenters. The van der Waals surface area contributed by atoms with Crippen LogP contribution in [0.2, 0.25) is 0 Å². The topological polar surface area (TPSA) is 93.2 Å². The fourth-order valence-corrected chi connectivity index (χ4v) is 6.53. The molecule has 1 aliphatic rings. The molecule has 1 aliphatic heterocycles. The zero-order valence-electron chi connectivity index (χ0n) is 16.6. The molecule has 0 saturated carbocycles. The molecule has 8 heteroatoms. The van der Waals surface area contributed by atoms with E-state index in [9.17, 15) is 18.0 Å². The molecule has 154 valence electrons. The first-order valence-corrected chi connectivity index (χ1v) is 11.8. The monoisotopic (exact) mass is 448 g/mol. The van der Waals surface area contributed by atoms with E-state index in [0.29, 0.717) is 5.13 Å². The third-order valence-electron chi connectivity index (χ3n) is 5.25. The number of ketones is 1.